The van der Waals surface area contributed by atoms with E-state index in [1.807, 2.05) is 17.0 Å². The first-order valence-corrected chi connectivity index (χ1v) is 12.9. The molecule has 4 N–H and O–H groups in total. The van der Waals surface area contributed by atoms with Crippen LogP contribution in [0.2, 0.25) is 5.02 Å². The lowest BCUT2D eigenvalue weighted by Crippen LogP contribution is -2.47. The van der Waals surface area contributed by atoms with Gasteiger partial charge in [-0.25, -0.2) is 15.4 Å². The maximum absolute atomic E-state index is 13.1. The number of pyridine rings is 1. The van der Waals surface area contributed by atoms with E-state index in [2.05, 4.69) is 40.2 Å². The van der Waals surface area contributed by atoms with E-state index in [1.165, 1.54) is 11.3 Å². The third-order valence-corrected chi connectivity index (χ3v) is 6.60. The Bertz CT molecular complexity index is 1110. The lowest BCUT2D eigenvalue weighted by atomic mass is 10.1. The molecule has 0 spiro atoms. The van der Waals surface area contributed by atoms with E-state index in [9.17, 15) is 9.18 Å². The Balaban J connectivity index is 1.52. The fourth-order valence-corrected chi connectivity index (χ4v) is 4.06. The second kappa shape index (κ2) is 13.9. The molecule has 0 bridgehead atoms. The summed E-state index contributed by atoms with van der Waals surface area (Å²) in [6, 6.07) is 8.93. The minimum absolute atomic E-state index is 0.0720. The molecule has 1 amide bonds. The van der Waals surface area contributed by atoms with E-state index in [1.54, 1.807) is 37.3 Å². The average molecular weight is 568 g/mol. The predicted octanol–water partition coefficient (Wildman–Crippen LogP) is 2.92. The molecule has 2 unspecified atom stereocenters. The van der Waals surface area contributed by atoms with E-state index in [0.29, 0.717) is 49.3 Å². The van der Waals surface area contributed by atoms with Gasteiger partial charge in [-0.1, -0.05) is 17.7 Å². The van der Waals surface area contributed by atoms with Gasteiger partial charge in [-0.05, 0) is 48.4 Å². The standard InChI is InChI=1S/C24H31ClFN7O2S2/c1-16(27)30-33(28)14-18-12-19(25)4-2-17(18)3-7-22(34)32-10-8-31(9-11-32)15-20-5-6-21(13-29-20)35-24(37)23(26)36/h2-7,12-13,23-24,36-37H,8-11,14-15,28H2,1H3,(H2,27,30)/b7-3+. The molecule has 1 aromatic heterocycles. The number of alkyl halides is 1. The van der Waals surface area contributed by atoms with Crippen molar-refractivity contribution >= 4 is 54.7 Å². The van der Waals surface area contributed by atoms with Gasteiger partial charge in [0.15, 0.2) is 10.9 Å². The molecule has 0 radical (unpaired) electrons. The lowest BCUT2D eigenvalue weighted by molar-refractivity contribution is -0.127. The fraction of sp³-hybridized carbons (Fsp3) is 0.375. The number of halogens is 2. The highest BCUT2D eigenvalue weighted by Crippen LogP contribution is 2.20. The summed E-state index contributed by atoms with van der Waals surface area (Å²) in [4.78, 5) is 21.2. The van der Waals surface area contributed by atoms with Crippen molar-refractivity contribution in [3.63, 3.8) is 0 Å². The predicted molar refractivity (Wildman–Crippen MR) is 151 cm³/mol. The summed E-state index contributed by atoms with van der Waals surface area (Å²) in [5, 5.41) is 5.79. The number of amidine groups is 1. The SMILES string of the molecule is C/C(N)=N/N(N)Cc1cc(Cl)ccc1/C=C/C(=O)N1CCN(Cc2ccc(OC(S)C(F)S)cn2)CC1. The zero-order valence-corrected chi connectivity index (χ0v) is 22.9. The second-order valence-electron chi connectivity index (χ2n) is 8.48. The van der Waals surface area contributed by atoms with Gasteiger partial charge in [0.05, 0.1) is 18.4 Å². The van der Waals surface area contributed by atoms with Gasteiger partial charge in [-0.2, -0.15) is 0 Å². The van der Waals surface area contributed by atoms with E-state index in [4.69, 9.17) is 27.9 Å². The number of carbonyl (C=O) groups excluding carboxylic acids is 1. The minimum atomic E-state index is -1.50. The summed E-state index contributed by atoms with van der Waals surface area (Å²) >= 11 is 13.8. The van der Waals surface area contributed by atoms with Gasteiger partial charge in [0, 0.05) is 43.8 Å². The van der Waals surface area contributed by atoms with Crippen molar-refractivity contribution in [1.82, 2.24) is 19.9 Å². The maximum Gasteiger partial charge on any atom is 0.246 e. The quantitative estimate of drug-likeness (QED) is 0.0664. The molecule has 1 aromatic carbocycles. The van der Waals surface area contributed by atoms with Crippen LogP contribution in [0.3, 0.4) is 0 Å². The van der Waals surface area contributed by atoms with Crippen LogP contribution in [0.15, 0.2) is 47.7 Å². The first kappa shape index (κ1) is 29.1. The Morgan fingerprint density at radius 1 is 1.30 bits per heavy atom. The molecular weight excluding hydrogens is 537 g/mol. The molecule has 0 aliphatic carbocycles. The zero-order valence-electron chi connectivity index (χ0n) is 20.4. The summed E-state index contributed by atoms with van der Waals surface area (Å²) in [5.74, 6) is 6.58. The Labute approximate surface area is 232 Å². The highest BCUT2D eigenvalue weighted by atomic mass is 35.5. The van der Waals surface area contributed by atoms with E-state index >= 15 is 0 Å². The molecule has 2 aromatic rings. The Morgan fingerprint density at radius 3 is 2.65 bits per heavy atom. The molecule has 2 heterocycles. The number of nitrogens with zero attached hydrogens (tertiary/aromatic N) is 5. The maximum atomic E-state index is 13.1. The van der Waals surface area contributed by atoms with Crippen molar-refractivity contribution in [2.75, 3.05) is 26.2 Å². The minimum Gasteiger partial charge on any atom is -0.474 e. The normalized spacial score (nSPS) is 16.6. The second-order valence-corrected chi connectivity index (χ2v) is 9.92. The van der Waals surface area contributed by atoms with Crippen LogP contribution in [0.5, 0.6) is 5.75 Å². The van der Waals surface area contributed by atoms with Gasteiger partial charge in [-0.3, -0.25) is 14.7 Å². The third-order valence-electron chi connectivity index (χ3n) is 5.49. The number of rotatable bonds is 10. The van der Waals surface area contributed by atoms with Crippen LogP contribution in [0.25, 0.3) is 6.08 Å². The molecule has 1 fully saturated rings. The number of hydrogen-bond acceptors (Lipinski definition) is 9. The van der Waals surface area contributed by atoms with Crippen LogP contribution in [-0.2, 0) is 17.9 Å². The zero-order chi connectivity index (χ0) is 26.9. The van der Waals surface area contributed by atoms with Crippen molar-refractivity contribution in [2.45, 2.75) is 31.0 Å². The van der Waals surface area contributed by atoms with Crippen molar-refractivity contribution in [1.29, 1.82) is 0 Å². The first-order chi connectivity index (χ1) is 17.6. The molecule has 9 nitrogen and oxygen atoms in total. The van der Waals surface area contributed by atoms with Gasteiger partial charge in [0.25, 0.3) is 0 Å². The third kappa shape index (κ3) is 9.38. The molecule has 37 heavy (non-hydrogen) atoms. The molecule has 3 rings (SSSR count). The van der Waals surface area contributed by atoms with Gasteiger partial charge in [0.1, 0.15) is 11.6 Å². The topological polar surface area (TPSA) is 113 Å². The summed E-state index contributed by atoms with van der Waals surface area (Å²) in [6.07, 6.45) is 4.86. The molecule has 1 aliphatic heterocycles. The van der Waals surface area contributed by atoms with Gasteiger partial charge in [-0.15, -0.1) is 30.4 Å². The number of hydrogen-bond donors (Lipinski definition) is 4. The number of piperazine rings is 1. The van der Waals surface area contributed by atoms with Crippen molar-refractivity contribution < 1.29 is 13.9 Å². The van der Waals surface area contributed by atoms with Crippen LogP contribution < -0.4 is 16.3 Å². The number of aromatic nitrogens is 1. The van der Waals surface area contributed by atoms with Crippen molar-refractivity contribution in [3.8, 4) is 5.75 Å². The van der Waals surface area contributed by atoms with Crippen LogP contribution >= 0.6 is 36.9 Å². The molecule has 200 valence electrons. The Kier molecular flexibility index (Phi) is 10.9. The highest BCUT2D eigenvalue weighted by Gasteiger charge is 2.20. The smallest absolute Gasteiger partial charge is 0.246 e. The fourth-order valence-electron chi connectivity index (χ4n) is 3.68. The van der Waals surface area contributed by atoms with Gasteiger partial charge < -0.3 is 15.4 Å². The van der Waals surface area contributed by atoms with Crippen LogP contribution in [0.1, 0.15) is 23.7 Å². The van der Waals surface area contributed by atoms with Crippen LogP contribution in [-0.4, -0.2) is 68.8 Å². The highest BCUT2D eigenvalue weighted by molar-refractivity contribution is 7.85. The number of thiol groups is 2. The number of nitrogens with two attached hydrogens (primary N) is 2. The van der Waals surface area contributed by atoms with E-state index < -0.39 is 10.9 Å². The summed E-state index contributed by atoms with van der Waals surface area (Å²) in [5.41, 5.74) is 5.61. The summed E-state index contributed by atoms with van der Waals surface area (Å²) < 4.78 is 18.4. The number of amides is 1. The Hall–Kier alpha value is -2.51. The number of hydrazine groups is 1. The van der Waals surface area contributed by atoms with Crippen LogP contribution in [0.4, 0.5) is 4.39 Å². The average Bonchev–Trinajstić information content (AvgIpc) is 2.84. The summed E-state index contributed by atoms with van der Waals surface area (Å²) in [7, 11) is 0. The molecule has 1 saturated heterocycles. The van der Waals surface area contributed by atoms with Crippen molar-refractivity contribution in [2.24, 2.45) is 16.7 Å². The monoisotopic (exact) mass is 567 g/mol. The number of ether oxygens (including phenoxy) is 1. The van der Waals surface area contributed by atoms with Crippen molar-refractivity contribution in [3.05, 3.63) is 64.4 Å². The lowest BCUT2D eigenvalue weighted by Gasteiger charge is -2.34. The van der Waals surface area contributed by atoms with E-state index in [-0.39, 0.29) is 12.5 Å². The molecule has 2 atom stereocenters. The summed E-state index contributed by atoms with van der Waals surface area (Å²) in [6.45, 7) is 5.18. The molecule has 1 aliphatic rings. The number of hydrazone groups is 1. The van der Waals surface area contributed by atoms with E-state index in [0.717, 1.165) is 16.8 Å². The first-order valence-electron chi connectivity index (χ1n) is 11.5. The molecule has 0 saturated carbocycles. The number of benzene rings is 1. The van der Waals surface area contributed by atoms with Gasteiger partial charge in [0.2, 0.25) is 5.91 Å². The Morgan fingerprint density at radius 2 is 2.03 bits per heavy atom. The van der Waals surface area contributed by atoms with Crippen LogP contribution in [0, 0.1) is 0 Å². The van der Waals surface area contributed by atoms with Gasteiger partial charge >= 0.3 is 0 Å². The largest absolute Gasteiger partial charge is 0.474 e. The molecular formula is C24H31ClFN7O2S2. The molecule has 13 heteroatoms. The number of carbonyl (C=O) groups is 1.